The molecule has 0 saturated heterocycles. The molecule has 58 valence electrons. The number of aromatic amines is 1. The summed E-state index contributed by atoms with van der Waals surface area (Å²) in [5, 5.41) is 16.4. The lowest BCUT2D eigenvalue weighted by atomic mass is 10.2. The summed E-state index contributed by atoms with van der Waals surface area (Å²) in [6.45, 7) is 1.85. The van der Waals surface area contributed by atoms with Crippen LogP contribution in [0.25, 0.3) is 10.9 Å². The number of nitrogens with one attached hydrogen (secondary N) is 1. The fourth-order valence-corrected chi connectivity index (χ4v) is 1.21. The Morgan fingerprint density at radius 1 is 1.58 bits per heavy atom. The summed E-state index contributed by atoms with van der Waals surface area (Å²) in [5.74, 6) is 0. The van der Waals surface area contributed by atoms with Crippen LogP contribution < -0.4 is 0 Å². The summed E-state index contributed by atoms with van der Waals surface area (Å²) in [6.07, 6.45) is 1.60. The normalized spacial score (nSPS) is 10.0. The first-order chi connectivity index (χ1) is 5.83. The van der Waals surface area contributed by atoms with Gasteiger partial charge in [0.2, 0.25) is 0 Å². The van der Waals surface area contributed by atoms with E-state index in [1.54, 1.807) is 12.3 Å². The number of hydrogen-bond acceptors (Lipinski definition) is 3. The van der Waals surface area contributed by atoms with Crippen molar-refractivity contribution in [3.63, 3.8) is 0 Å². The van der Waals surface area contributed by atoms with Gasteiger partial charge in [0.1, 0.15) is 6.07 Å². The van der Waals surface area contributed by atoms with E-state index in [4.69, 9.17) is 5.26 Å². The molecule has 4 nitrogen and oxygen atoms in total. The van der Waals surface area contributed by atoms with Crippen molar-refractivity contribution in [3.8, 4) is 6.07 Å². The van der Waals surface area contributed by atoms with Gasteiger partial charge >= 0.3 is 0 Å². The minimum absolute atomic E-state index is 0.429. The smallest absolute Gasteiger partial charge is 0.151 e. The zero-order valence-corrected chi connectivity index (χ0v) is 6.50. The van der Waals surface area contributed by atoms with E-state index in [2.05, 4.69) is 15.2 Å². The number of nitrogens with zero attached hydrogens (tertiary/aromatic N) is 3. The molecule has 0 bridgehead atoms. The van der Waals surface area contributed by atoms with Crippen LogP contribution >= 0.6 is 0 Å². The molecule has 0 aliphatic heterocycles. The average Bonchev–Trinajstić information content (AvgIpc) is 2.48. The van der Waals surface area contributed by atoms with Gasteiger partial charge in [-0.15, -0.1) is 0 Å². The van der Waals surface area contributed by atoms with Crippen LogP contribution in [0.15, 0.2) is 12.3 Å². The molecule has 1 N–H and O–H groups in total. The van der Waals surface area contributed by atoms with Gasteiger partial charge in [-0.2, -0.15) is 10.4 Å². The van der Waals surface area contributed by atoms with Crippen molar-refractivity contribution >= 4 is 10.9 Å². The molecule has 0 aliphatic rings. The topological polar surface area (TPSA) is 65.4 Å². The molecule has 2 rings (SSSR count). The second kappa shape index (κ2) is 2.31. The number of fused-ring (bicyclic) bond motifs is 1. The molecule has 2 aromatic heterocycles. The molecule has 0 spiro atoms. The maximum Gasteiger partial charge on any atom is 0.151 e. The van der Waals surface area contributed by atoms with Gasteiger partial charge in [0.25, 0.3) is 0 Å². The minimum atomic E-state index is 0.429. The lowest BCUT2D eigenvalue weighted by Gasteiger charge is -1.90. The second-order valence-corrected chi connectivity index (χ2v) is 2.50. The Kier molecular flexibility index (Phi) is 1.31. The number of hydrogen-bond donors (Lipinski definition) is 1. The van der Waals surface area contributed by atoms with Gasteiger partial charge < -0.3 is 0 Å². The fourth-order valence-electron chi connectivity index (χ4n) is 1.21. The van der Waals surface area contributed by atoms with Gasteiger partial charge in [-0.1, -0.05) is 0 Å². The zero-order valence-electron chi connectivity index (χ0n) is 6.50. The van der Waals surface area contributed by atoms with Crippen molar-refractivity contribution < 1.29 is 0 Å². The van der Waals surface area contributed by atoms with E-state index in [-0.39, 0.29) is 0 Å². The van der Waals surface area contributed by atoms with Crippen LogP contribution in [-0.4, -0.2) is 15.2 Å². The van der Waals surface area contributed by atoms with Crippen LogP contribution in [0.5, 0.6) is 0 Å². The van der Waals surface area contributed by atoms with E-state index >= 15 is 0 Å². The highest BCUT2D eigenvalue weighted by atomic mass is 15.1. The SMILES string of the molecule is Cc1n[nH]c2ccnc(C#N)c12. The van der Waals surface area contributed by atoms with Crippen molar-refractivity contribution in [1.29, 1.82) is 5.26 Å². The monoisotopic (exact) mass is 158 g/mol. The van der Waals surface area contributed by atoms with Gasteiger partial charge in [-0.25, -0.2) is 4.98 Å². The molecule has 0 amide bonds. The fraction of sp³-hybridized carbons (Fsp3) is 0.125. The summed E-state index contributed by atoms with van der Waals surface area (Å²) in [5.41, 5.74) is 2.10. The highest BCUT2D eigenvalue weighted by molar-refractivity contribution is 5.85. The summed E-state index contributed by atoms with van der Waals surface area (Å²) in [7, 11) is 0. The van der Waals surface area contributed by atoms with Crippen LogP contribution in [0.1, 0.15) is 11.4 Å². The standard InChI is InChI=1S/C8H6N4/c1-5-8-6(12-11-5)2-3-10-7(8)4-9/h2-3H,1H3,(H,11,12). The lowest BCUT2D eigenvalue weighted by Crippen LogP contribution is -1.83. The Morgan fingerprint density at radius 3 is 3.17 bits per heavy atom. The second-order valence-electron chi connectivity index (χ2n) is 2.50. The van der Waals surface area contributed by atoms with E-state index in [0.29, 0.717) is 5.69 Å². The van der Waals surface area contributed by atoms with Gasteiger partial charge in [-0.3, -0.25) is 5.10 Å². The molecular formula is C8H6N4. The van der Waals surface area contributed by atoms with E-state index in [1.165, 1.54) is 0 Å². The van der Waals surface area contributed by atoms with E-state index in [9.17, 15) is 0 Å². The third kappa shape index (κ3) is 0.768. The quantitative estimate of drug-likeness (QED) is 0.625. The highest BCUT2D eigenvalue weighted by Crippen LogP contribution is 2.16. The van der Waals surface area contributed by atoms with Crippen LogP contribution in [-0.2, 0) is 0 Å². The summed E-state index contributed by atoms with van der Waals surface area (Å²) >= 11 is 0. The predicted molar refractivity (Wildman–Crippen MR) is 43.3 cm³/mol. The molecular weight excluding hydrogens is 152 g/mol. The average molecular weight is 158 g/mol. The predicted octanol–water partition coefficient (Wildman–Crippen LogP) is 1.14. The Labute approximate surface area is 68.9 Å². The Hall–Kier alpha value is -1.89. The van der Waals surface area contributed by atoms with Crippen molar-refractivity contribution in [2.24, 2.45) is 0 Å². The third-order valence-corrected chi connectivity index (χ3v) is 1.76. The maximum absolute atomic E-state index is 8.72. The summed E-state index contributed by atoms with van der Waals surface area (Å²) in [4.78, 5) is 3.94. The molecule has 2 heterocycles. The molecule has 0 aromatic carbocycles. The molecule has 0 saturated carbocycles. The number of nitriles is 1. The Morgan fingerprint density at radius 2 is 2.42 bits per heavy atom. The molecule has 0 aliphatic carbocycles. The summed E-state index contributed by atoms with van der Waals surface area (Å²) < 4.78 is 0. The number of aromatic nitrogens is 3. The van der Waals surface area contributed by atoms with E-state index in [1.807, 2.05) is 13.0 Å². The number of H-pyrrole nitrogens is 1. The molecule has 0 radical (unpaired) electrons. The molecule has 4 heteroatoms. The van der Waals surface area contributed by atoms with Crippen molar-refractivity contribution in [3.05, 3.63) is 23.7 Å². The first kappa shape index (κ1) is 6.80. The lowest BCUT2D eigenvalue weighted by molar-refractivity contribution is 1.07. The van der Waals surface area contributed by atoms with Gasteiger partial charge in [0.05, 0.1) is 16.6 Å². The number of aryl methyl sites for hydroxylation is 1. The minimum Gasteiger partial charge on any atom is -0.277 e. The van der Waals surface area contributed by atoms with Crippen molar-refractivity contribution in [1.82, 2.24) is 15.2 Å². The largest absolute Gasteiger partial charge is 0.277 e. The first-order valence-electron chi connectivity index (χ1n) is 3.52. The molecule has 0 unspecified atom stereocenters. The molecule has 2 aromatic rings. The number of rotatable bonds is 0. The van der Waals surface area contributed by atoms with Crippen LogP contribution in [0.4, 0.5) is 0 Å². The molecule has 12 heavy (non-hydrogen) atoms. The van der Waals surface area contributed by atoms with Crippen molar-refractivity contribution in [2.75, 3.05) is 0 Å². The van der Waals surface area contributed by atoms with Crippen LogP contribution in [0.2, 0.25) is 0 Å². The van der Waals surface area contributed by atoms with E-state index in [0.717, 1.165) is 16.6 Å². The molecule has 0 fully saturated rings. The van der Waals surface area contributed by atoms with Gasteiger partial charge in [0.15, 0.2) is 5.69 Å². The molecule has 0 atom stereocenters. The number of pyridine rings is 1. The van der Waals surface area contributed by atoms with E-state index < -0.39 is 0 Å². The Balaban J connectivity index is 2.96. The Bertz CT molecular complexity index is 463. The zero-order chi connectivity index (χ0) is 8.55. The highest BCUT2D eigenvalue weighted by Gasteiger charge is 2.06. The third-order valence-electron chi connectivity index (χ3n) is 1.76. The van der Waals surface area contributed by atoms with Crippen LogP contribution in [0, 0.1) is 18.3 Å². The van der Waals surface area contributed by atoms with Crippen LogP contribution in [0.3, 0.4) is 0 Å². The van der Waals surface area contributed by atoms with Gasteiger partial charge in [0, 0.05) is 6.20 Å². The first-order valence-corrected chi connectivity index (χ1v) is 3.52. The summed E-state index contributed by atoms with van der Waals surface area (Å²) in [6, 6.07) is 3.83. The van der Waals surface area contributed by atoms with Gasteiger partial charge in [-0.05, 0) is 13.0 Å². The maximum atomic E-state index is 8.72. The van der Waals surface area contributed by atoms with Crippen molar-refractivity contribution in [2.45, 2.75) is 6.92 Å².